The fraction of sp³-hybridized carbons (Fsp3) is 0.400. The molecule has 0 bridgehead atoms. The second-order valence-corrected chi connectivity index (χ2v) is 12.3. The Morgan fingerprint density at radius 2 is 1.78 bits per heavy atom. The molecule has 1 unspecified atom stereocenters. The normalized spacial score (nSPS) is 17.6. The predicted octanol–water partition coefficient (Wildman–Crippen LogP) is 2.48. The van der Waals surface area contributed by atoms with Gasteiger partial charge in [-0.2, -0.15) is 13.2 Å². The van der Waals surface area contributed by atoms with Crippen molar-refractivity contribution >= 4 is 33.6 Å². The van der Waals surface area contributed by atoms with E-state index in [1.807, 2.05) is 0 Å². The Labute approximate surface area is 233 Å². The fourth-order valence-electron chi connectivity index (χ4n) is 4.52. The highest BCUT2D eigenvalue weighted by molar-refractivity contribution is 7.89. The highest BCUT2D eigenvalue weighted by Crippen LogP contribution is 2.37. The fourth-order valence-corrected chi connectivity index (χ4v) is 4.98. The van der Waals surface area contributed by atoms with E-state index >= 15 is 0 Å². The molecule has 12 nitrogen and oxygen atoms in total. The summed E-state index contributed by atoms with van der Waals surface area (Å²) in [5.41, 5.74) is -1.07. The van der Waals surface area contributed by atoms with E-state index in [0.29, 0.717) is 17.3 Å². The number of anilines is 1. The van der Waals surface area contributed by atoms with Crippen LogP contribution in [0.3, 0.4) is 0 Å². The van der Waals surface area contributed by atoms with E-state index in [4.69, 9.17) is 5.14 Å². The van der Waals surface area contributed by atoms with Gasteiger partial charge < -0.3 is 20.2 Å². The molecule has 0 aromatic carbocycles. The van der Waals surface area contributed by atoms with Gasteiger partial charge in [0.1, 0.15) is 10.6 Å². The van der Waals surface area contributed by atoms with Crippen LogP contribution in [-0.4, -0.2) is 76.9 Å². The van der Waals surface area contributed by atoms with Gasteiger partial charge >= 0.3 is 12.3 Å². The molecule has 16 heteroatoms. The second kappa shape index (κ2) is 10.4. The first-order chi connectivity index (χ1) is 18.9. The molecular weight excluding hydrogens is 569 g/mol. The lowest BCUT2D eigenvalue weighted by Crippen LogP contribution is -2.43. The number of nitrogens with zero attached hydrogens (tertiary/aromatic N) is 4. The van der Waals surface area contributed by atoms with E-state index in [9.17, 15) is 41.1 Å². The van der Waals surface area contributed by atoms with Crippen molar-refractivity contribution in [2.24, 2.45) is 10.6 Å². The maximum absolute atomic E-state index is 13.5. The monoisotopic (exact) mass is 596 g/mol. The van der Waals surface area contributed by atoms with Gasteiger partial charge in [-0.15, -0.1) is 0 Å². The van der Waals surface area contributed by atoms with Gasteiger partial charge in [-0.25, -0.2) is 23.3 Å². The number of nitrogens with one attached hydrogen (secondary N) is 1. The van der Waals surface area contributed by atoms with E-state index in [1.165, 1.54) is 11.0 Å². The Bertz CT molecular complexity index is 1550. The number of aromatic nitrogens is 2. The van der Waals surface area contributed by atoms with Gasteiger partial charge in [0.15, 0.2) is 0 Å². The van der Waals surface area contributed by atoms with Crippen molar-refractivity contribution in [3.8, 4) is 0 Å². The third-order valence-electron chi connectivity index (χ3n) is 6.77. The SMILES string of the molecule is CC(C)(C)C(=O)Nc1cc(C(F)(F)F)cnc1CC1C2=C(CN(C(=O)O)C2)CN1C(=O)c1ccc(S(N)(=O)=O)cn1. The number of halogens is 3. The van der Waals surface area contributed by atoms with Crippen LogP contribution in [0.4, 0.5) is 23.7 Å². The topological polar surface area (TPSA) is 176 Å². The number of sulfonamides is 1. The number of amides is 3. The van der Waals surface area contributed by atoms with E-state index in [-0.39, 0.29) is 48.0 Å². The lowest BCUT2D eigenvalue weighted by molar-refractivity contribution is -0.137. The Kier molecular flexibility index (Phi) is 7.60. The number of carbonyl (C=O) groups is 3. The molecule has 4 N–H and O–H groups in total. The lowest BCUT2D eigenvalue weighted by Gasteiger charge is -2.30. The first-order valence-electron chi connectivity index (χ1n) is 12.2. The molecule has 0 radical (unpaired) electrons. The Hall–Kier alpha value is -4.05. The Balaban J connectivity index is 1.72. The summed E-state index contributed by atoms with van der Waals surface area (Å²) in [6, 6.07) is 2.23. The second-order valence-electron chi connectivity index (χ2n) is 10.8. The Morgan fingerprint density at radius 3 is 2.32 bits per heavy atom. The minimum atomic E-state index is -4.74. The number of carboxylic acid groups (broad SMARTS) is 1. The van der Waals surface area contributed by atoms with E-state index in [2.05, 4.69) is 15.3 Å². The van der Waals surface area contributed by atoms with E-state index in [1.54, 1.807) is 20.8 Å². The van der Waals surface area contributed by atoms with Gasteiger partial charge in [-0.05, 0) is 29.3 Å². The summed E-state index contributed by atoms with van der Waals surface area (Å²) in [4.78, 5) is 48.0. The van der Waals surface area contributed by atoms with Crippen LogP contribution in [0, 0.1) is 5.41 Å². The number of alkyl halides is 3. The average Bonchev–Trinajstić information content (AvgIpc) is 3.42. The van der Waals surface area contributed by atoms with Crippen molar-refractivity contribution < 1.29 is 41.1 Å². The molecular formula is C25H27F3N6O6S. The number of primary sulfonamides is 1. The van der Waals surface area contributed by atoms with Crippen LogP contribution in [0.15, 0.2) is 46.6 Å². The number of hydrogen-bond donors (Lipinski definition) is 3. The number of nitrogens with two attached hydrogens (primary N) is 1. The first-order valence-corrected chi connectivity index (χ1v) is 13.8. The van der Waals surface area contributed by atoms with Crippen molar-refractivity contribution in [2.75, 3.05) is 25.0 Å². The maximum atomic E-state index is 13.5. The zero-order valence-electron chi connectivity index (χ0n) is 22.2. The summed E-state index contributed by atoms with van der Waals surface area (Å²) in [6.07, 6.45) is -4.50. The number of pyridine rings is 2. The minimum Gasteiger partial charge on any atom is -0.465 e. The summed E-state index contributed by atoms with van der Waals surface area (Å²) in [6.45, 7) is 4.75. The number of hydrogen-bond acceptors (Lipinski definition) is 7. The first kappa shape index (κ1) is 29.9. The van der Waals surface area contributed by atoms with Crippen LogP contribution >= 0.6 is 0 Å². The van der Waals surface area contributed by atoms with Crippen molar-refractivity contribution in [1.29, 1.82) is 0 Å². The van der Waals surface area contributed by atoms with Crippen molar-refractivity contribution in [3.63, 3.8) is 0 Å². The van der Waals surface area contributed by atoms with Crippen LogP contribution in [0.25, 0.3) is 0 Å². The lowest BCUT2D eigenvalue weighted by atomic mass is 9.95. The standard InChI is InChI=1S/C25H27F3N6O6S/c1-24(2,3)22(36)32-19-6-14(25(26,27)28)8-30-18(19)7-20-16-12-33(23(37)38)10-13(16)11-34(20)21(35)17-5-4-15(9-31-17)41(29,39)40/h4-6,8-9,20H,7,10-12H2,1-3H3,(H,32,36)(H,37,38)(H2,29,39,40). The Morgan fingerprint density at radius 1 is 1.10 bits per heavy atom. The van der Waals surface area contributed by atoms with Gasteiger partial charge in [-0.3, -0.25) is 14.6 Å². The van der Waals surface area contributed by atoms with Crippen LogP contribution in [0.5, 0.6) is 0 Å². The molecule has 1 atom stereocenters. The zero-order valence-corrected chi connectivity index (χ0v) is 23.0. The molecule has 0 saturated heterocycles. The van der Waals surface area contributed by atoms with Crippen LogP contribution in [0.1, 0.15) is 42.5 Å². The zero-order chi connectivity index (χ0) is 30.5. The van der Waals surface area contributed by atoms with Gasteiger partial charge in [0.25, 0.3) is 5.91 Å². The quantitative estimate of drug-likeness (QED) is 0.441. The van der Waals surface area contributed by atoms with E-state index in [0.717, 1.165) is 23.2 Å². The average molecular weight is 597 g/mol. The van der Waals surface area contributed by atoms with Gasteiger partial charge in [0.05, 0.1) is 23.0 Å². The maximum Gasteiger partial charge on any atom is 0.417 e. The van der Waals surface area contributed by atoms with Crippen LogP contribution < -0.4 is 10.5 Å². The van der Waals surface area contributed by atoms with E-state index < -0.39 is 51.1 Å². The molecule has 0 spiro atoms. The van der Waals surface area contributed by atoms with Gasteiger partial charge in [-0.1, -0.05) is 20.8 Å². The molecule has 4 heterocycles. The molecule has 2 aromatic rings. The molecule has 4 rings (SSSR count). The predicted molar refractivity (Wildman–Crippen MR) is 138 cm³/mol. The molecule has 0 fully saturated rings. The molecule has 0 saturated carbocycles. The summed E-state index contributed by atoms with van der Waals surface area (Å²) >= 11 is 0. The summed E-state index contributed by atoms with van der Waals surface area (Å²) in [5.74, 6) is -1.18. The molecule has 0 aliphatic carbocycles. The minimum absolute atomic E-state index is 0.00551. The third kappa shape index (κ3) is 6.32. The molecule has 41 heavy (non-hydrogen) atoms. The highest BCUT2D eigenvalue weighted by Gasteiger charge is 2.43. The molecule has 2 aliphatic rings. The highest BCUT2D eigenvalue weighted by atomic mass is 32.2. The molecule has 2 aliphatic heterocycles. The molecule has 220 valence electrons. The summed E-state index contributed by atoms with van der Waals surface area (Å²) in [5, 5.41) is 17.1. The largest absolute Gasteiger partial charge is 0.465 e. The van der Waals surface area contributed by atoms with Crippen molar-refractivity contribution in [3.05, 3.63) is 58.7 Å². The van der Waals surface area contributed by atoms with Crippen LogP contribution in [-0.2, 0) is 27.4 Å². The van der Waals surface area contributed by atoms with Crippen molar-refractivity contribution in [2.45, 2.75) is 44.3 Å². The summed E-state index contributed by atoms with van der Waals surface area (Å²) < 4.78 is 63.7. The number of rotatable bonds is 5. The molecule has 3 amide bonds. The van der Waals surface area contributed by atoms with Crippen LogP contribution in [0.2, 0.25) is 0 Å². The van der Waals surface area contributed by atoms with Crippen molar-refractivity contribution in [1.82, 2.24) is 19.8 Å². The third-order valence-corrected chi connectivity index (χ3v) is 7.66. The van der Waals surface area contributed by atoms with Gasteiger partial charge in [0.2, 0.25) is 15.9 Å². The molecule has 2 aromatic heterocycles. The summed E-state index contributed by atoms with van der Waals surface area (Å²) in [7, 11) is -4.06. The smallest absolute Gasteiger partial charge is 0.417 e. The van der Waals surface area contributed by atoms with Gasteiger partial charge in [0, 0.05) is 43.9 Å². The number of carbonyl (C=O) groups excluding carboxylic acids is 2.